The number of carboxylic acids is 1. The molecule has 0 radical (unpaired) electrons. The van der Waals surface area contributed by atoms with Gasteiger partial charge in [0, 0.05) is 12.2 Å². The number of urea groups is 1. The number of hydrogen-bond donors (Lipinski definition) is 3. The first-order valence-corrected chi connectivity index (χ1v) is 5.20. The molecule has 3 N–H and O–H groups in total. The van der Waals surface area contributed by atoms with Crippen molar-refractivity contribution in [1.29, 1.82) is 0 Å². The summed E-state index contributed by atoms with van der Waals surface area (Å²) in [5, 5.41) is 13.5. The van der Waals surface area contributed by atoms with Gasteiger partial charge >= 0.3 is 12.0 Å². The number of aliphatic carboxylic acids is 1. The molecule has 92 valence electrons. The molecule has 1 rings (SSSR count). The second-order valence-electron chi connectivity index (χ2n) is 3.61. The van der Waals surface area contributed by atoms with E-state index in [1.165, 1.54) is 0 Å². The molecular formula is C11H15N3O3. The van der Waals surface area contributed by atoms with Crippen LogP contribution in [0.3, 0.4) is 0 Å². The summed E-state index contributed by atoms with van der Waals surface area (Å²) >= 11 is 0. The highest BCUT2D eigenvalue weighted by atomic mass is 16.4. The van der Waals surface area contributed by atoms with E-state index in [0.29, 0.717) is 5.69 Å². The molecule has 0 spiro atoms. The van der Waals surface area contributed by atoms with Crippen LogP contribution in [-0.2, 0) is 4.79 Å². The molecule has 6 heteroatoms. The lowest BCUT2D eigenvalue weighted by Gasteiger charge is -2.09. The Kier molecular flexibility index (Phi) is 4.45. The lowest BCUT2D eigenvalue weighted by atomic mass is 10.3. The molecule has 0 aromatic carbocycles. The fourth-order valence-corrected chi connectivity index (χ4v) is 1.27. The topological polar surface area (TPSA) is 91.3 Å². The number of pyridine rings is 1. The van der Waals surface area contributed by atoms with E-state index >= 15 is 0 Å². The third-order valence-corrected chi connectivity index (χ3v) is 2.10. The minimum Gasteiger partial charge on any atom is -0.481 e. The molecule has 1 heterocycles. The molecule has 0 fully saturated rings. The van der Waals surface area contributed by atoms with Gasteiger partial charge in [-0.3, -0.25) is 9.78 Å². The van der Waals surface area contributed by atoms with E-state index in [4.69, 9.17) is 5.11 Å². The van der Waals surface area contributed by atoms with Crippen LogP contribution in [-0.4, -0.2) is 28.6 Å². The number of anilines is 1. The fourth-order valence-electron chi connectivity index (χ4n) is 1.27. The largest absolute Gasteiger partial charge is 0.481 e. The Labute approximate surface area is 99.1 Å². The number of aromatic nitrogens is 1. The molecule has 17 heavy (non-hydrogen) atoms. The smallest absolute Gasteiger partial charge is 0.319 e. The third-order valence-electron chi connectivity index (χ3n) is 2.10. The Hall–Kier alpha value is -2.11. The number of aryl methyl sites for hydroxylation is 2. The van der Waals surface area contributed by atoms with Crippen molar-refractivity contribution in [2.24, 2.45) is 0 Å². The standard InChI is InChI=1S/C11H15N3O3/c1-7-3-4-9(8(2)13-7)14-11(17)12-6-5-10(15)16/h3-4H,5-6H2,1-2H3,(H,15,16)(H2,12,14,17). The molecular weight excluding hydrogens is 222 g/mol. The molecule has 0 saturated heterocycles. The molecule has 0 saturated carbocycles. The summed E-state index contributed by atoms with van der Waals surface area (Å²) in [4.78, 5) is 25.8. The van der Waals surface area contributed by atoms with Crippen LogP contribution < -0.4 is 10.6 Å². The number of amides is 2. The fraction of sp³-hybridized carbons (Fsp3) is 0.364. The van der Waals surface area contributed by atoms with Crippen LogP contribution in [0.5, 0.6) is 0 Å². The van der Waals surface area contributed by atoms with Crippen molar-refractivity contribution in [1.82, 2.24) is 10.3 Å². The van der Waals surface area contributed by atoms with E-state index < -0.39 is 12.0 Å². The number of nitrogens with zero attached hydrogens (tertiary/aromatic N) is 1. The average molecular weight is 237 g/mol. The SMILES string of the molecule is Cc1ccc(NC(=O)NCCC(=O)O)c(C)n1. The van der Waals surface area contributed by atoms with Crippen molar-refractivity contribution in [3.05, 3.63) is 23.5 Å². The van der Waals surface area contributed by atoms with Crippen molar-refractivity contribution < 1.29 is 14.7 Å². The van der Waals surface area contributed by atoms with Crippen LogP contribution in [0.2, 0.25) is 0 Å². The molecule has 2 amide bonds. The van der Waals surface area contributed by atoms with E-state index in [0.717, 1.165) is 11.4 Å². The summed E-state index contributed by atoms with van der Waals surface area (Å²) in [5.74, 6) is -0.946. The second kappa shape index (κ2) is 5.83. The number of carbonyl (C=O) groups is 2. The quantitative estimate of drug-likeness (QED) is 0.736. The van der Waals surface area contributed by atoms with Gasteiger partial charge in [-0.15, -0.1) is 0 Å². The Morgan fingerprint density at radius 3 is 2.65 bits per heavy atom. The Morgan fingerprint density at radius 2 is 2.06 bits per heavy atom. The first-order chi connectivity index (χ1) is 7.99. The zero-order chi connectivity index (χ0) is 12.8. The first kappa shape index (κ1) is 13.0. The lowest BCUT2D eigenvalue weighted by Crippen LogP contribution is -2.30. The maximum atomic E-state index is 11.4. The summed E-state index contributed by atoms with van der Waals surface area (Å²) in [6, 6.07) is 3.12. The van der Waals surface area contributed by atoms with E-state index in [-0.39, 0.29) is 13.0 Å². The summed E-state index contributed by atoms with van der Waals surface area (Å²) in [5.41, 5.74) is 2.21. The highest BCUT2D eigenvalue weighted by Gasteiger charge is 2.05. The van der Waals surface area contributed by atoms with Gasteiger partial charge in [0.1, 0.15) is 0 Å². The average Bonchev–Trinajstić information content (AvgIpc) is 2.21. The van der Waals surface area contributed by atoms with E-state index in [1.54, 1.807) is 19.1 Å². The number of rotatable bonds is 4. The molecule has 0 bridgehead atoms. The van der Waals surface area contributed by atoms with E-state index in [1.807, 2.05) is 6.92 Å². The van der Waals surface area contributed by atoms with Crippen LogP contribution in [0.1, 0.15) is 17.8 Å². The molecule has 1 aromatic rings. The zero-order valence-corrected chi connectivity index (χ0v) is 9.78. The van der Waals surface area contributed by atoms with Crippen LogP contribution in [0.15, 0.2) is 12.1 Å². The lowest BCUT2D eigenvalue weighted by molar-refractivity contribution is -0.136. The normalized spacial score (nSPS) is 9.76. The molecule has 1 aromatic heterocycles. The summed E-state index contributed by atoms with van der Waals surface area (Å²) in [6.07, 6.45) is -0.0987. The monoisotopic (exact) mass is 237 g/mol. The van der Waals surface area contributed by atoms with Crippen molar-refractivity contribution in [2.75, 3.05) is 11.9 Å². The van der Waals surface area contributed by atoms with Crippen molar-refractivity contribution >= 4 is 17.7 Å². The number of hydrogen-bond acceptors (Lipinski definition) is 3. The Bertz CT molecular complexity index is 432. The van der Waals surface area contributed by atoms with Crippen LogP contribution in [0.25, 0.3) is 0 Å². The van der Waals surface area contributed by atoms with Gasteiger partial charge in [-0.05, 0) is 26.0 Å². The van der Waals surface area contributed by atoms with Gasteiger partial charge in [-0.1, -0.05) is 0 Å². The molecule has 6 nitrogen and oxygen atoms in total. The van der Waals surface area contributed by atoms with Gasteiger partial charge in [0.15, 0.2) is 0 Å². The van der Waals surface area contributed by atoms with Gasteiger partial charge in [-0.25, -0.2) is 4.79 Å². The minimum absolute atomic E-state index is 0.0967. The zero-order valence-electron chi connectivity index (χ0n) is 9.78. The van der Waals surface area contributed by atoms with E-state index in [2.05, 4.69) is 15.6 Å². The van der Waals surface area contributed by atoms with Crippen molar-refractivity contribution in [2.45, 2.75) is 20.3 Å². The Morgan fingerprint density at radius 1 is 1.35 bits per heavy atom. The van der Waals surface area contributed by atoms with Crippen LogP contribution in [0, 0.1) is 13.8 Å². The van der Waals surface area contributed by atoms with Crippen molar-refractivity contribution in [3.8, 4) is 0 Å². The summed E-state index contributed by atoms with van der Waals surface area (Å²) < 4.78 is 0. The first-order valence-electron chi connectivity index (χ1n) is 5.20. The third kappa shape index (κ3) is 4.50. The molecule has 0 unspecified atom stereocenters. The predicted octanol–water partition coefficient (Wildman–Crippen LogP) is 1.29. The van der Waals surface area contributed by atoms with E-state index in [9.17, 15) is 9.59 Å². The number of carboxylic acid groups (broad SMARTS) is 1. The van der Waals surface area contributed by atoms with Crippen molar-refractivity contribution in [3.63, 3.8) is 0 Å². The van der Waals surface area contributed by atoms with Gasteiger partial charge in [0.2, 0.25) is 0 Å². The Balaban J connectivity index is 2.48. The van der Waals surface area contributed by atoms with Gasteiger partial charge in [0.05, 0.1) is 17.8 Å². The predicted molar refractivity (Wildman–Crippen MR) is 63.0 cm³/mol. The number of nitrogens with one attached hydrogen (secondary N) is 2. The molecule has 0 aliphatic heterocycles. The van der Waals surface area contributed by atoms with Crippen LogP contribution in [0.4, 0.5) is 10.5 Å². The van der Waals surface area contributed by atoms with Gasteiger partial charge < -0.3 is 15.7 Å². The molecule has 0 aliphatic carbocycles. The highest BCUT2D eigenvalue weighted by molar-refractivity contribution is 5.89. The highest BCUT2D eigenvalue weighted by Crippen LogP contribution is 2.11. The molecule has 0 atom stereocenters. The second-order valence-corrected chi connectivity index (χ2v) is 3.61. The summed E-state index contributed by atoms with van der Waals surface area (Å²) in [6.45, 7) is 3.75. The minimum atomic E-state index is -0.946. The maximum absolute atomic E-state index is 11.4. The van der Waals surface area contributed by atoms with Crippen LogP contribution >= 0.6 is 0 Å². The molecule has 0 aliphatic rings. The maximum Gasteiger partial charge on any atom is 0.319 e. The van der Waals surface area contributed by atoms with Gasteiger partial charge in [0.25, 0.3) is 0 Å². The number of carbonyl (C=O) groups excluding carboxylic acids is 1. The van der Waals surface area contributed by atoms with Gasteiger partial charge in [-0.2, -0.15) is 0 Å². The summed E-state index contributed by atoms with van der Waals surface area (Å²) in [7, 11) is 0.